The summed E-state index contributed by atoms with van der Waals surface area (Å²) in [6, 6.07) is 15.3. The number of hydrogen-bond donors (Lipinski definition) is 0. The van der Waals surface area contributed by atoms with Crippen molar-refractivity contribution in [2.45, 2.75) is 65.2 Å². The molecule has 2 aromatic carbocycles. The van der Waals surface area contributed by atoms with Gasteiger partial charge in [0.05, 0.1) is 0 Å². The maximum absolute atomic E-state index is 11.2. The molecule has 0 fully saturated rings. The molecule has 5 heteroatoms. The molecule has 0 unspecified atom stereocenters. The predicted molar refractivity (Wildman–Crippen MR) is 137 cm³/mol. The Bertz CT molecular complexity index is 980. The third-order valence-corrected chi connectivity index (χ3v) is 5.05. The number of aryl methyl sites for hydroxylation is 2. The second kappa shape index (κ2) is 17.0. The van der Waals surface area contributed by atoms with Crippen molar-refractivity contribution >= 4 is 11.9 Å². The van der Waals surface area contributed by atoms with Crippen LogP contribution in [0.2, 0.25) is 0 Å². The minimum Gasteiger partial charge on any atom is -0.426 e. The van der Waals surface area contributed by atoms with E-state index in [-0.39, 0.29) is 11.9 Å². The van der Waals surface area contributed by atoms with E-state index in [0.717, 1.165) is 62.5 Å². The van der Waals surface area contributed by atoms with Crippen molar-refractivity contribution in [1.29, 1.82) is 0 Å². The monoisotopic (exact) mass is 474 g/mol. The number of ether oxygens (including phenoxy) is 3. The van der Waals surface area contributed by atoms with Gasteiger partial charge < -0.3 is 14.2 Å². The maximum atomic E-state index is 11.2. The van der Waals surface area contributed by atoms with E-state index in [1.54, 1.807) is 0 Å². The SMILES string of the molecule is CC(=O)Oc1ccccc1CCCCC#CCOCC#CCCCCc1ccccc1OC(C)=O. The number of benzene rings is 2. The van der Waals surface area contributed by atoms with Crippen molar-refractivity contribution in [2.24, 2.45) is 0 Å². The van der Waals surface area contributed by atoms with Gasteiger partial charge in [0.1, 0.15) is 24.7 Å². The normalized spacial score (nSPS) is 9.89. The summed E-state index contributed by atoms with van der Waals surface area (Å²) in [6.07, 6.45) is 7.25. The van der Waals surface area contributed by atoms with Gasteiger partial charge in [-0.05, 0) is 61.8 Å². The molecular weight excluding hydrogens is 440 g/mol. The highest BCUT2D eigenvalue weighted by molar-refractivity contribution is 5.70. The third-order valence-electron chi connectivity index (χ3n) is 5.05. The molecule has 0 bridgehead atoms. The van der Waals surface area contributed by atoms with Crippen molar-refractivity contribution < 1.29 is 23.8 Å². The summed E-state index contributed by atoms with van der Waals surface area (Å²) in [5.41, 5.74) is 2.09. The third kappa shape index (κ3) is 12.5. The summed E-state index contributed by atoms with van der Waals surface area (Å²) in [4.78, 5) is 22.4. The van der Waals surface area contributed by atoms with Crippen molar-refractivity contribution in [3.05, 3.63) is 59.7 Å². The highest BCUT2D eigenvalue weighted by Crippen LogP contribution is 2.21. The Morgan fingerprint density at radius 3 is 1.49 bits per heavy atom. The molecule has 0 aliphatic heterocycles. The van der Waals surface area contributed by atoms with E-state index in [1.807, 2.05) is 48.5 Å². The standard InChI is InChI=1S/C30H34O5/c1-25(31)34-29-21-13-11-19-27(29)17-9-5-3-7-15-23-33-24-16-8-4-6-10-18-28-20-12-14-22-30(28)35-26(2)32/h11-14,19-22H,3-6,9-10,17-18,23-24H2,1-2H3. The Morgan fingerprint density at radius 1 is 0.629 bits per heavy atom. The summed E-state index contributed by atoms with van der Waals surface area (Å²) in [7, 11) is 0. The number of carbonyl (C=O) groups is 2. The lowest BCUT2D eigenvalue weighted by molar-refractivity contribution is -0.132. The van der Waals surface area contributed by atoms with Crippen LogP contribution in [0.25, 0.3) is 0 Å². The number of carbonyl (C=O) groups excluding carboxylic acids is 2. The fraction of sp³-hybridized carbons (Fsp3) is 0.400. The first kappa shape index (κ1) is 27.7. The largest absolute Gasteiger partial charge is 0.426 e. The molecule has 0 radical (unpaired) electrons. The molecule has 0 N–H and O–H groups in total. The number of rotatable bonds is 12. The van der Waals surface area contributed by atoms with Gasteiger partial charge in [-0.1, -0.05) is 48.2 Å². The van der Waals surface area contributed by atoms with Crippen molar-refractivity contribution in [3.63, 3.8) is 0 Å². The van der Waals surface area contributed by atoms with Crippen LogP contribution in [-0.4, -0.2) is 25.2 Å². The van der Waals surface area contributed by atoms with Gasteiger partial charge in [0.25, 0.3) is 0 Å². The van der Waals surface area contributed by atoms with Crippen LogP contribution in [-0.2, 0) is 27.2 Å². The molecule has 5 nitrogen and oxygen atoms in total. The zero-order valence-electron chi connectivity index (χ0n) is 20.7. The molecule has 0 aliphatic rings. The summed E-state index contributed by atoms with van der Waals surface area (Å²) in [5.74, 6) is 13.0. The highest BCUT2D eigenvalue weighted by atomic mass is 16.5. The van der Waals surface area contributed by atoms with E-state index in [9.17, 15) is 9.59 Å². The summed E-state index contributed by atoms with van der Waals surface area (Å²) >= 11 is 0. The Hall–Kier alpha value is -3.54. The molecule has 0 saturated heterocycles. The van der Waals surface area contributed by atoms with Crippen LogP contribution in [0, 0.1) is 23.7 Å². The summed E-state index contributed by atoms with van der Waals surface area (Å²) < 4.78 is 15.9. The van der Waals surface area contributed by atoms with E-state index in [2.05, 4.69) is 23.7 Å². The molecule has 0 atom stereocenters. The average Bonchev–Trinajstić information content (AvgIpc) is 2.83. The van der Waals surface area contributed by atoms with Gasteiger partial charge in [0.2, 0.25) is 0 Å². The number of hydrogen-bond acceptors (Lipinski definition) is 5. The first-order valence-electron chi connectivity index (χ1n) is 12.1. The van der Waals surface area contributed by atoms with Crippen LogP contribution in [0.1, 0.15) is 63.5 Å². The number of para-hydroxylation sites is 2. The molecule has 0 saturated carbocycles. The van der Waals surface area contributed by atoms with Gasteiger partial charge in [-0.3, -0.25) is 9.59 Å². The van der Waals surface area contributed by atoms with E-state index in [1.165, 1.54) is 13.8 Å². The van der Waals surface area contributed by atoms with Crippen LogP contribution < -0.4 is 9.47 Å². The minimum atomic E-state index is -0.299. The number of unbranched alkanes of at least 4 members (excludes halogenated alkanes) is 4. The Kier molecular flexibility index (Phi) is 13.4. The second-order valence-electron chi connectivity index (χ2n) is 8.02. The molecule has 0 amide bonds. The smallest absolute Gasteiger partial charge is 0.308 e. The maximum Gasteiger partial charge on any atom is 0.308 e. The molecule has 0 heterocycles. The molecular formula is C30H34O5. The van der Waals surface area contributed by atoms with Crippen LogP contribution in [0.15, 0.2) is 48.5 Å². The van der Waals surface area contributed by atoms with Crippen LogP contribution in [0.3, 0.4) is 0 Å². The van der Waals surface area contributed by atoms with Crippen molar-refractivity contribution in [3.8, 4) is 35.2 Å². The van der Waals surface area contributed by atoms with Gasteiger partial charge in [-0.2, -0.15) is 0 Å². The van der Waals surface area contributed by atoms with E-state index < -0.39 is 0 Å². The zero-order valence-corrected chi connectivity index (χ0v) is 20.7. The molecule has 2 rings (SSSR count). The molecule has 0 aromatic heterocycles. The lowest BCUT2D eigenvalue weighted by Gasteiger charge is -2.07. The van der Waals surface area contributed by atoms with E-state index in [0.29, 0.717) is 24.7 Å². The van der Waals surface area contributed by atoms with Crippen LogP contribution in [0.4, 0.5) is 0 Å². The van der Waals surface area contributed by atoms with Crippen molar-refractivity contribution in [1.82, 2.24) is 0 Å². The first-order chi connectivity index (χ1) is 17.1. The van der Waals surface area contributed by atoms with Crippen LogP contribution >= 0.6 is 0 Å². The molecule has 0 aliphatic carbocycles. The molecule has 0 spiro atoms. The number of esters is 2. The van der Waals surface area contributed by atoms with Gasteiger partial charge in [-0.15, -0.1) is 11.8 Å². The van der Waals surface area contributed by atoms with E-state index in [4.69, 9.17) is 14.2 Å². The Balaban J connectivity index is 1.50. The van der Waals surface area contributed by atoms with Gasteiger partial charge >= 0.3 is 11.9 Å². The quantitative estimate of drug-likeness (QED) is 0.171. The van der Waals surface area contributed by atoms with Crippen molar-refractivity contribution in [2.75, 3.05) is 13.2 Å². The molecule has 184 valence electrons. The highest BCUT2D eigenvalue weighted by Gasteiger charge is 2.05. The lowest BCUT2D eigenvalue weighted by Crippen LogP contribution is -2.03. The van der Waals surface area contributed by atoms with Crippen LogP contribution in [0.5, 0.6) is 11.5 Å². The van der Waals surface area contributed by atoms with Gasteiger partial charge in [-0.25, -0.2) is 0 Å². The topological polar surface area (TPSA) is 61.8 Å². The predicted octanol–water partition coefficient (Wildman–Crippen LogP) is 5.69. The average molecular weight is 475 g/mol. The first-order valence-corrected chi connectivity index (χ1v) is 12.1. The zero-order chi connectivity index (χ0) is 25.1. The fourth-order valence-corrected chi connectivity index (χ4v) is 3.42. The van der Waals surface area contributed by atoms with E-state index >= 15 is 0 Å². The molecule has 2 aromatic rings. The fourth-order valence-electron chi connectivity index (χ4n) is 3.42. The van der Waals surface area contributed by atoms with Gasteiger partial charge in [0, 0.05) is 26.7 Å². The Morgan fingerprint density at radius 2 is 1.06 bits per heavy atom. The van der Waals surface area contributed by atoms with Gasteiger partial charge in [0.15, 0.2) is 0 Å². The second-order valence-corrected chi connectivity index (χ2v) is 8.02. The minimum absolute atomic E-state index is 0.299. The molecule has 35 heavy (non-hydrogen) atoms. The summed E-state index contributed by atoms with van der Waals surface area (Å²) in [5, 5.41) is 0. The summed E-state index contributed by atoms with van der Waals surface area (Å²) in [6.45, 7) is 3.60. The Labute approximate surface area is 209 Å². The lowest BCUT2D eigenvalue weighted by atomic mass is 10.1.